The van der Waals surface area contributed by atoms with E-state index in [1.807, 2.05) is 0 Å². The summed E-state index contributed by atoms with van der Waals surface area (Å²) < 4.78 is 5.46. The Bertz CT molecular complexity index is 1030. The molecule has 0 radical (unpaired) electrons. The van der Waals surface area contributed by atoms with Crippen LogP contribution in [0, 0.1) is 10.1 Å². The van der Waals surface area contributed by atoms with Gasteiger partial charge in [0.05, 0.1) is 4.92 Å². The number of rotatable bonds is 5. The fourth-order valence-corrected chi connectivity index (χ4v) is 2.70. The van der Waals surface area contributed by atoms with E-state index in [0.717, 1.165) is 5.56 Å². The molecule has 0 saturated heterocycles. The molecule has 3 rings (SSSR count). The molecule has 3 N–H and O–H groups in total. The van der Waals surface area contributed by atoms with Gasteiger partial charge in [-0.15, -0.1) is 0 Å². The summed E-state index contributed by atoms with van der Waals surface area (Å²) in [6.45, 7) is -0.173. The van der Waals surface area contributed by atoms with Gasteiger partial charge in [0, 0.05) is 17.3 Å². The highest BCUT2D eigenvalue weighted by Gasteiger charge is 2.19. The number of anilines is 1. The number of amides is 1. The van der Waals surface area contributed by atoms with E-state index in [4.69, 9.17) is 21.7 Å². The van der Waals surface area contributed by atoms with E-state index in [1.165, 1.54) is 24.3 Å². The van der Waals surface area contributed by atoms with Crippen molar-refractivity contribution in [2.24, 2.45) is 0 Å². The first-order valence-electron chi connectivity index (χ1n) is 8.13. The van der Waals surface area contributed by atoms with Crippen LogP contribution in [0.4, 0.5) is 11.4 Å². The first kappa shape index (κ1) is 19.2. The normalized spacial score (nSPS) is 10.3. The number of para-hydroxylation sites is 1. The molecule has 142 valence electrons. The van der Waals surface area contributed by atoms with Gasteiger partial charge in [-0.25, -0.2) is 0 Å². The summed E-state index contributed by atoms with van der Waals surface area (Å²) in [7, 11) is 0. The number of nitro benzene ring substituents is 1. The predicted octanol–water partition coefficient (Wildman–Crippen LogP) is 3.47. The van der Waals surface area contributed by atoms with Crippen molar-refractivity contribution in [3.8, 4) is 11.3 Å². The molecule has 0 atom stereocenters. The number of aliphatic hydroxyl groups is 1. The number of carbonyl (C=O) groups excluding carboxylic acids is 1. The van der Waals surface area contributed by atoms with Gasteiger partial charge in [0.2, 0.25) is 0 Å². The molecule has 0 aliphatic rings. The maximum atomic E-state index is 12.3. The number of nitro groups is 1. The molecule has 0 bridgehead atoms. The molecule has 1 heterocycles. The molecule has 0 spiro atoms. The second-order valence-corrected chi connectivity index (χ2v) is 6.09. The zero-order valence-corrected chi connectivity index (χ0v) is 15.2. The SMILES string of the molecule is O=C(NC(=S)Nc1ccc(-c2ccc(CO)o2)cc1)c1ccccc1[N+](=O)[O-]. The van der Waals surface area contributed by atoms with Crippen LogP contribution >= 0.6 is 12.2 Å². The Balaban J connectivity index is 1.65. The van der Waals surface area contributed by atoms with Gasteiger partial charge in [-0.3, -0.25) is 20.2 Å². The summed E-state index contributed by atoms with van der Waals surface area (Å²) in [5, 5.41) is 25.4. The summed E-state index contributed by atoms with van der Waals surface area (Å²) in [6, 6.07) is 16.1. The van der Waals surface area contributed by atoms with Gasteiger partial charge in [0.25, 0.3) is 11.6 Å². The van der Waals surface area contributed by atoms with Crippen LogP contribution in [0.15, 0.2) is 65.1 Å². The van der Waals surface area contributed by atoms with Crippen LogP contribution in [0.1, 0.15) is 16.1 Å². The van der Waals surface area contributed by atoms with Gasteiger partial charge < -0.3 is 14.8 Å². The van der Waals surface area contributed by atoms with Crippen LogP contribution < -0.4 is 10.6 Å². The third kappa shape index (κ3) is 4.40. The first-order valence-corrected chi connectivity index (χ1v) is 8.54. The molecule has 3 aromatic rings. The molecular formula is C19H15N3O5S. The number of hydrogen-bond acceptors (Lipinski definition) is 6. The highest BCUT2D eigenvalue weighted by atomic mass is 32.1. The summed E-state index contributed by atoms with van der Waals surface area (Å²) in [5.41, 5.74) is 1.04. The minimum Gasteiger partial charge on any atom is -0.459 e. The highest BCUT2D eigenvalue weighted by molar-refractivity contribution is 7.80. The highest BCUT2D eigenvalue weighted by Crippen LogP contribution is 2.24. The maximum Gasteiger partial charge on any atom is 0.282 e. The molecule has 0 unspecified atom stereocenters. The molecular weight excluding hydrogens is 382 g/mol. The third-order valence-electron chi connectivity index (χ3n) is 3.82. The van der Waals surface area contributed by atoms with Crippen molar-refractivity contribution < 1.29 is 19.2 Å². The third-order valence-corrected chi connectivity index (χ3v) is 4.02. The van der Waals surface area contributed by atoms with Crippen molar-refractivity contribution in [2.75, 3.05) is 5.32 Å². The summed E-state index contributed by atoms with van der Waals surface area (Å²) in [6.07, 6.45) is 0. The Hall–Kier alpha value is -3.56. The van der Waals surface area contributed by atoms with Gasteiger partial charge >= 0.3 is 0 Å². The lowest BCUT2D eigenvalue weighted by atomic mass is 10.1. The van der Waals surface area contributed by atoms with Crippen LogP contribution in [-0.4, -0.2) is 21.0 Å². The topological polar surface area (TPSA) is 118 Å². The summed E-state index contributed by atoms with van der Waals surface area (Å²) >= 11 is 5.11. The largest absolute Gasteiger partial charge is 0.459 e. The Kier molecular flexibility index (Phi) is 5.78. The Morgan fingerprint density at radius 2 is 1.82 bits per heavy atom. The Labute approximate surface area is 165 Å². The molecule has 1 aromatic heterocycles. The maximum absolute atomic E-state index is 12.3. The molecule has 28 heavy (non-hydrogen) atoms. The molecule has 8 nitrogen and oxygen atoms in total. The second-order valence-electron chi connectivity index (χ2n) is 5.68. The number of hydrogen-bond donors (Lipinski definition) is 3. The Morgan fingerprint density at radius 3 is 2.46 bits per heavy atom. The van der Waals surface area contributed by atoms with Crippen molar-refractivity contribution >= 4 is 34.6 Å². The van der Waals surface area contributed by atoms with E-state index < -0.39 is 10.8 Å². The quantitative estimate of drug-likeness (QED) is 0.343. The lowest BCUT2D eigenvalue weighted by Crippen LogP contribution is -2.34. The average molecular weight is 397 g/mol. The van der Waals surface area contributed by atoms with E-state index in [1.54, 1.807) is 36.4 Å². The van der Waals surface area contributed by atoms with Gasteiger partial charge in [0.1, 0.15) is 23.7 Å². The van der Waals surface area contributed by atoms with Crippen LogP contribution in [-0.2, 0) is 6.61 Å². The van der Waals surface area contributed by atoms with Crippen LogP contribution in [0.5, 0.6) is 0 Å². The molecule has 9 heteroatoms. The number of nitrogens with one attached hydrogen (secondary N) is 2. The molecule has 0 fully saturated rings. The van der Waals surface area contributed by atoms with E-state index in [-0.39, 0.29) is 23.0 Å². The van der Waals surface area contributed by atoms with Crippen molar-refractivity contribution in [1.29, 1.82) is 0 Å². The number of furan rings is 1. The smallest absolute Gasteiger partial charge is 0.282 e. The van der Waals surface area contributed by atoms with Crippen LogP contribution in [0.2, 0.25) is 0 Å². The molecule has 1 amide bonds. The summed E-state index contributed by atoms with van der Waals surface area (Å²) in [5.74, 6) is 0.410. The van der Waals surface area contributed by atoms with Gasteiger partial charge in [0.15, 0.2) is 5.11 Å². The van der Waals surface area contributed by atoms with Crippen molar-refractivity contribution in [2.45, 2.75) is 6.61 Å². The number of benzene rings is 2. The summed E-state index contributed by atoms with van der Waals surface area (Å²) in [4.78, 5) is 22.7. The van der Waals surface area contributed by atoms with E-state index in [9.17, 15) is 14.9 Å². The van der Waals surface area contributed by atoms with E-state index in [0.29, 0.717) is 17.2 Å². The molecule has 0 saturated carbocycles. The number of thiocarbonyl (C=S) groups is 1. The van der Waals surface area contributed by atoms with Crippen LogP contribution in [0.25, 0.3) is 11.3 Å². The monoisotopic (exact) mass is 397 g/mol. The zero-order chi connectivity index (χ0) is 20.1. The van der Waals surface area contributed by atoms with E-state index >= 15 is 0 Å². The minimum atomic E-state index is -0.673. The number of aliphatic hydroxyl groups excluding tert-OH is 1. The van der Waals surface area contributed by atoms with Gasteiger partial charge in [-0.05, 0) is 54.7 Å². The molecule has 2 aromatic carbocycles. The van der Waals surface area contributed by atoms with Crippen LogP contribution in [0.3, 0.4) is 0 Å². The van der Waals surface area contributed by atoms with Crippen molar-refractivity contribution in [3.05, 3.63) is 82.1 Å². The zero-order valence-electron chi connectivity index (χ0n) is 14.4. The first-order chi connectivity index (χ1) is 13.5. The standard InChI is InChI=1S/C19H15N3O5S/c23-11-14-9-10-17(27-14)12-5-7-13(8-6-12)20-19(28)21-18(24)15-3-1-2-4-16(15)22(25)26/h1-10,23H,11H2,(H2,20,21,24,28). The lowest BCUT2D eigenvalue weighted by molar-refractivity contribution is -0.385. The van der Waals surface area contributed by atoms with Gasteiger partial charge in [-0.1, -0.05) is 12.1 Å². The Morgan fingerprint density at radius 1 is 1.11 bits per heavy atom. The predicted molar refractivity (Wildman–Crippen MR) is 107 cm³/mol. The van der Waals surface area contributed by atoms with Crippen molar-refractivity contribution in [1.82, 2.24) is 5.32 Å². The van der Waals surface area contributed by atoms with E-state index in [2.05, 4.69) is 10.6 Å². The number of nitrogens with zero attached hydrogens (tertiary/aromatic N) is 1. The molecule has 0 aliphatic carbocycles. The van der Waals surface area contributed by atoms with Crippen molar-refractivity contribution in [3.63, 3.8) is 0 Å². The van der Waals surface area contributed by atoms with Gasteiger partial charge in [-0.2, -0.15) is 0 Å². The lowest BCUT2D eigenvalue weighted by Gasteiger charge is -2.10. The fraction of sp³-hybridized carbons (Fsp3) is 0.0526. The molecule has 0 aliphatic heterocycles. The average Bonchev–Trinajstić information content (AvgIpc) is 3.17. The number of carbonyl (C=O) groups is 1. The second kappa shape index (κ2) is 8.42. The fourth-order valence-electron chi connectivity index (χ4n) is 2.49. The minimum absolute atomic E-state index is 0.0106.